The maximum Gasteiger partial charge on any atom is 0.336 e. The maximum absolute atomic E-state index is 13.3. The second-order valence-corrected chi connectivity index (χ2v) is 10.2. The number of benzene rings is 2. The SMILES string of the molecule is COc1cc(C)c2[nH]ccc2c1CN1CCC2(CC1)CC(F)(F)C2.O=C(O)c1cccc2[nH]ccc12. The molecule has 2 aromatic heterocycles. The van der Waals surface area contributed by atoms with Gasteiger partial charge in [0.25, 0.3) is 0 Å². The van der Waals surface area contributed by atoms with Crippen molar-refractivity contribution in [1.82, 2.24) is 14.9 Å². The molecule has 0 atom stereocenters. The highest BCUT2D eigenvalue weighted by Gasteiger charge is 2.56. The Morgan fingerprint density at radius 1 is 1.08 bits per heavy atom. The molecule has 0 amide bonds. The van der Waals surface area contributed by atoms with E-state index in [0.29, 0.717) is 5.56 Å². The normalized spacial score (nSPS) is 18.6. The van der Waals surface area contributed by atoms with Crippen molar-refractivity contribution in [3.8, 4) is 5.75 Å². The topological polar surface area (TPSA) is 81.3 Å². The first kappa shape index (κ1) is 24.3. The number of carboxylic acid groups (broad SMARTS) is 1. The minimum Gasteiger partial charge on any atom is -0.496 e. The standard InChI is InChI=1S/C19H24F2N2O.C9H7NO2/c1-13-9-16(24-2)15(14-3-6-22-17(13)14)10-23-7-4-18(5-8-23)11-19(20,21)12-18;11-9(12)7-2-1-3-8-6(7)4-5-10-8/h3,6,9,22H,4-5,7-8,10-12H2,1-2H3;1-5,10H,(H,11,12). The Bertz CT molecular complexity index is 1390. The highest BCUT2D eigenvalue weighted by molar-refractivity contribution is 6.02. The molecule has 0 radical (unpaired) electrons. The Kier molecular flexibility index (Phi) is 6.24. The summed E-state index contributed by atoms with van der Waals surface area (Å²) < 4.78 is 32.1. The van der Waals surface area contributed by atoms with E-state index in [1.165, 1.54) is 16.5 Å². The predicted molar refractivity (Wildman–Crippen MR) is 136 cm³/mol. The predicted octanol–water partition coefficient (Wildman–Crippen LogP) is 6.36. The fourth-order valence-corrected chi connectivity index (χ4v) is 5.86. The first-order chi connectivity index (χ1) is 17.2. The Labute approximate surface area is 208 Å². The monoisotopic (exact) mass is 495 g/mol. The largest absolute Gasteiger partial charge is 0.496 e. The molecule has 4 aromatic rings. The van der Waals surface area contributed by atoms with Crippen molar-refractivity contribution >= 4 is 27.8 Å². The summed E-state index contributed by atoms with van der Waals surface area (Å²) in [7, 11) is 1.71. The van der Waals surface area contributed by atoms with Gasteiger partial charge in [0.1, 0.15) is 5.75 Å². The number of ether oxygens (including phenoxy) is 1. The number of carboxylic acids is 1. The molecule has 2 aliphatic rings. The van der Waals surface area contributed by atoms with Gasteiger partial charge in [0.2, 0.25) is 5.92 Å². The molecular formula is C28H31F2N3O3. The van der Waals surface area contributed by atoms with Crippen LogP contribution in [0.2, 0.25) is 0 Å². The number of nitrogens with one attached hydrogen (secondary N) is 2. The van der Waals surface area contributed by atoms with E-state index in [1.807, 2.05) is 12.3 Å². The lowest BCUT2D eigenvalue weighted by atomic mass is 9.61. The lowest BCUT2D eigenvalue weighted by molar-refractivity contribution is -0.178. The Balaban J connectivity index is 0.000000186. The lowest BCUT2D eigenvalue weighted by Crippen LogP contribution is -2.52. The van der Waals surface area contributed by atoms with Crippen LogP contribution in [0.15, 0.2) is 48.8 Å². The van der Waals surface area contributed by atoms with Gasteiger partial charge < -0.3 is 19.8 Å². The van der Waals surface area contributed by atoms with Crippen LogP contribution in [-0.4, -0.2) is 52.1 Å². The van der Waals surface area contributed by atoms with E-state index in [0.717, 1.165) is 54.6 Å². The number of piperidine rings is 1. The molecule has 3 N–H and O–H groups in total. The summed E-state index contributed by atoms with van der Waals surface area (Å²) in [6.07, 6.45) is 5.63. The van der Waals surface area contributed by atoms with Gasteiger partial charge in [0.15, 0.2) is 0 Å². The van der Waals surface area contributed by atoms with E-state index >= 15 is 0 Å². The Morgan fingerprint density at radius 3 is 2.44 bits per heavy atom. The average Bonchev–Trinajstić information content (AvgIpc) is 3.51. The molecule has 190 valence electrons. The van der Waals surface area contributed by atoms with E-state index in [-0.39, 0.29) is 18.3 Å². The molecule has 2 fully saturated rings. The molecule has 1 spiro atoms. The van der Waals surface area contributed by atoms with Gasteiger partial charge in [-0.25, -0.2) is 13.6 Å². The van der Waals surface area contributed by atoms with Gasteiger partial charge in [-0.3, -0.25) is 4.90 Å². The summed E-state index contributed by atoms with van der Waals surface area (Å²) >= 11 is 0. The third-order valence-electron chi connectivity index (χ3n) is 7.72. The number of hydrogen-bond acceptors (Lipinski definition) is 3. The number of aromatic carboxylic acids is 1. The van der Waals surface area contributed by atoms with Crippen LogP contribution >= 0.6 is 0 Å². The van der Waals surface area contributed by atoms with Crippen molar-refractivity contribution in [2.45, 2.75) is 45.1 Å². The molecule has 1 saturated heterocycles. The van der Waals surface area contributed by atoms with Gasteiger partial charge in [-0.15, -0.1) is 0 Å². The molecule has 1 aliphatic carbocycles. The molecule has 6 nitrogen and oxygen atoms in total. The van der Waals surface area contributed by atoms with Gasteiger partial charge in [-0.1, -0.05) is 6.07 Å². The third kappa shape index (κ3) is 4.57. The highest BCUT2D eigenvalue weighted by atomic mass is 19.3. The van der Waals surface area contributed by atoms with Gasteiger partial charge in [0, 0.05) is 59.1 Å². The van der Waals surface area contributed by atoms with Crippen LogP contribution in [0.3, 0.4) is 0 Å². The van der Waals surface area contributed by atoms with Gasteiger partial charge in [0.05, 0.1) is 12.7 Å². The minimum atomic E-state index is -2.42. The second kappa shape index (κ2) is 9.24. The summed E-state index contributed by atoms with van der Waals surface area (Å²) in [6.45, 7) is 4.66. The van der Waals surface area contributed by atoms with Crippen LogP contribution in [0.5, 0.6) is 5.75 Å². The molecule has 0 unspecified atom stereocenters. The zero-order valence-electron chi connectivity index (χ0n) is 20.5. The third-order valence-corrected chi connectivity index (χ3v) is 7.72. The van der Waals surface area contributed by atoms with Crippen LogP contribution in [-0.2, 0) is 6.54 Å². The molecule has 0 bridgehead atoms. The van der Waals surface area contributed by atoms with Gasteiger partial charge >= 0.3 is 5.97 Å². The van der Waals surface area contributed by atoms with Crippen molar-refractivity contribution in [3.05, 3.63) is 65.5 Å². The van der Waals surface area contributed by atoms with Gasteiger partial charge in [-0.05, 0) is 74.2 Å². The quantitative estimate of drug-likeness (QED) is 0.308. The number of H-pyrrole nitrogens is 2. The molecular weight excluding hydrogens is 464 g/mol. The molecule has 2 aromatic carbocycles. The minimum absolute atomic E-state index is 0.0871. The molecule has 6 rings (SSSR count). The van der Waals surface area contributed by atoms with E-state index in [9.17, 15) is 13.6 Å². The fourth-order valence-electron chi connectivity index (χ4n) is 5.86. The first-order valence-corrected chi connectivity index (χ1v) is 12.2. The van der Waals surface area contributed by atoms with E-state index in [4.69, 9.17) is 9.84 Å². The molecule has 3 heterocycles. The number of hydrogen-bond donors (Lipinski definition) is 3. The van der Waals surface area contributed by atoms with Crippen LogP contribution in [0.25, 0.3) is 21.8 Å². The van der Waals surface area contributed by atoms with Crippen molar-refractivity contribution in [2.24, 2.45) is 5.41 Å². The zero-order valence-corrected chi connectivity index (χ0v) is 20.5. The number of rotatable bonds is 4. The Morgan fingerprint density at radius 2 is 1.78 bits per heavy atom. The zero-order chi connectivity index (χ0) is 25.5. The Hall–Kier alpha value is -3.39. The van der Waals surface area contributed by atoms with Crippen molar-refractivity contribution in [3.63, 3.8) is 0 Å². The first-order valence-electron chi connectivity index (χ1n) is 12.2. The van der Waals surface area contributed by atoms with Crippen LogP contribution in [0.4, 0.5) is 8.78 Å². The number of aromatic amines is 2. The number of carbonyl (C=O) groups is 1. The van der Waals surface area contributed by atoms with E-state index in [1.54, 1.807) is 31.5 Å². The number of methoxy groups -OCH3 is 1. The van der Waals surface area contributed by atoms with Gasteiger partial charge in [-0.2, -0.15) is 0 Å². The number of alkyl halides is 2. The number of fused-ring (bicyclic) bond motifs is 2. The van der Waals surface area contributed by atoms with Crippen LogP contribution in [0, 0.1) is 12.3 Å². The molecule has 1 saturated carbocycles. The highest BCUT2D eigenvalue weighted by Crippen LogP contribution is 2.57. The number of halogens is 2. The number of aromatic nitrogens is 2. The smallest absolute Gasteiger partial charge is 0.336 e. The van der Waals surface area contributed by atoms with E-state index < -0.39 is 11.9 Å². The molecule has 36 heavy (non-hydrogen) atoms. The lowest BCUT2D eigenvalue weighted by Gasteiger charge is -2.51. The number of nitrogens with zero attached hydrogens (tertiary/aromatic N) is 1. The van der Waals surface area contributed by atoms with E-state index in [2.05, 4.69) is 33.9 Å². The maximum atomic E-state index is 13.3. The summed E-state index contributed by atoms with van der Waals surface area (Å²) in [4.78, 5) is 19.3. The summed E-state index contributed by atoms with van der Waals surface area (Å²) in [5.41, 5.74) is 4.61. The average molecular weight is 496 g/mol. The second-order valence-electron chi connectivity index (χ2n) is 10.2. The van der Waals surface area contributed by atoms with Crippen molar-refractivity contribution < 1.29 is 23.4 Å². The van der Waals surface area contributed by atoms with Crippen LogP contribution in [0.1, 0.15) is 47.2 Å². The van der Waals surface area contributed by atoms with Crippen LogP contribution < -0.4 is 4.74 Å². The number of aryl methyl sites for hydroxylation is 1. The fraction of sp³-hybridized carbons (Fsp3) is 0.393. The van der Waals surface area contributed by atoms with Crippen molar-refractivity contribution in [1.29, 1.82) is 0 Å². The summed E-state index contributed by atoms with van der Waals surface area (Å²) in [5.74, 6) is -2.39. The summed E-state index contributed by atoms with van der Waals surface area (Å²) in [5, 5.41) is 10.7. The molecule has 1 aliphatic heterocycles. The summed E-state index contributed by atoms with van der Waals surface area (Å²) in [6, 6.07) is 11.1. The number of likely N-dealkylation sites (tertiary alicyclic amines) is 1. The molecule has 8 heteroatoms. The van der Waals surface area contributed by atoms with Crippen molar-refractivity contribution in [2.75, 3.05) is 20.2 Å².